The van der Waals surface area contributed by atoms with Crippen LogP contribution >= 0.6 is 0 Å². The Balaban J connectivity index is 3.37. The number of rotatable bonds is 34. The van der Waals surface area contributed by atoms with Gasteiger partial charge >= 0.3 is 11.9 Å². The van der Waals surface area contributed by atoms with Gasteiger partial charge in [0.2, 0.25) is 0 Å². The molecule has 0 aromatic heterocycles. The molecule has 0 unspecified atom stereocenters. The van der Waals surface area contributed by atoms with Crippen LogP contribution in [0.15, 0.2) is 0 Å². The second-order valence-electron chi connectivity index (χ2n) is 12.7. The number of unbranched alkanes of at least 4 members (excludes halogenated alkanes) is 24. The summed E-state index contributed by atoms with van der Waals surface area (Å²) in [4.78, 5) is 26.0. The molecule has 0 aliphatic heterocycles. The Morgan fingerprint density at radius 2 is 0.643 bits per heavy atom. The quantitative estimate of drug-likeness (QED) is 0.0547. The molecule has 0 atom stereocenters. The molecule has 0 fully saturated rings. The molecule has 0 saturated heterocycles. The van der Waals surface area contributed by atoms with Gasteiger partial charge < -0.3 is 9.47 Å². The summed E-state index contributed by atoms with van der Waals surface area (Å²) in [6.45, 7) is 6.68. The Morgan fingerprint density at radius 3 is 0.905 bits per heavy atom. The van der Waals surface area contributed by atoms with Crippen molar-refractivity contribution >= 4 is 11.9 Å². The molecule has 0 radical (unpaired) electrons. The highest BCUT2D eigenvalue weighted by Gasteiger charge is 2.07. The van der Waals surface area contributed by atoms with E-state index in [2.05, 4.69) is 18.7 Å². The Labute approximate surface area is 262 Å². The van der Waals surface area contributed by atoms with Crippen molar-refractivity contribution < 1.29 is 19.1 Å². The molecule has 0 aliphatic rings. The van der Waals surface area contributed by atoms with Gasteiger partial charge in [0.1, 0.15) is 13.2 Å². The van der Waals surface area contributed by atoms with Gasteiger partial charge in [0.05, 0.1) is 0 Å². The standard InChI is InChI=1S/C37H73NO4/c1-4-6-8-10-12-14-16-18-20-22-24-26-28-30-36(39)41-34-32-38(3)33-35-42-37(40)31-29-27-25-23-21-19-17-15-13-11-9-7-5-2/h4-35H2,1-3H3. The monoisotopic (exact) mass is 596 g/mol. The Hall–Kier alpha value is -1.10. The summed E-state index contributed by atoms with van der Waals surface area (Å²) >= 11 is 0. The molecule has 0 saturated carbocycles. The fraction of sp³-hybridized carbons (Fsp3) is 0.946. The largest absolute Gasteiger partial charge is 0.464 e. The van der Waals surface area contributed by atoms with Crippen LogP contribution in [0.1, 0.15) is 194 Å². The smallest absolute Gasteiger partial charge is 0.305 e. The maximum absolute atomic E-state index is 12.0. The second kappa shape index (κ2) is 34.4. The number of hydrogen-bond acceptors (Lipinski definition) is 5. The molecule has 0 bridgehead atoms. The molecule has 5 heteroatoms. The molecule has 0 rings (SSSR count). The van der Waals surface area contributed by atoms with E-state index < -0.39 is 0 Å². The topological polar surface area (TPSA) is 55.8 Å². The molecule has 0 heterocycles. The predicted molar refractivity (Wildman–Crippen MR) is 180 cm³/mol. The van der Waals surface area contributed by atoms with E-state index in [1.165, 1.54) is 141 Å². The zero-order valence-corrected chi connectivity index (χ0v) is 28.7. The minimum atomic E-state index is -0.0873. The van der Waals surface area contributed by atoms with Crippen molar-refractivity contribution in [2.45, 2.75) is 194 Å². The molecular weight excluding hydrogens is 522 g/mol. The maximum Gasteiger partial charge on any atom is 0.305 e. The van der Waals surface area contributed by atoms with Gasteiger partial charge in [-0.3, -0.25) is 14.5 Å². The zero-order chi connectivity index (χ0) is 30.8. The number of esters is 2. The Kier molecular flexibility index (Phi) is 33.5. The highest BCUT2D eigenvalue weighted by atomic mass is 16.5. The third-order valence-corrected chi connectivity index (χ3v) is 8.44. The van der Waals surface area contributed by atoms with E-state index in [1.807, 2.05) is 7.05 Å². The number of carbonyl (C=O) groups is 2. The number of carbonyl (C=O) groups excluding carboxylic acids is 2. The van der Waals surface area contributed by atoms with Crippen LogP contribution in [0.2, 0.25) is 0 Å². The molecule has 0 aliphatic carbocycles. The van der Waals surface area contributed by atoms with Crippen molar-refractivity contribution in [2.75, 3.05) is 33.4 Å². The van der Waals surface area contributed by atoms with Crippen LogP contribution in [0.4, 0.5) is 0 Å². The molecule has 42 heavy (non-hydrogen) atoms. The van der Waals surface area contributed by atoms with Crippen molar-refractivity contribution in [3.63, 3.8) is 0 Å². The SMILES string of the molecule is CCCCCCCCCCCCCCCC(=O)OCCN(C)CCOC(=O)CCCCCCCCCCCCCCC. The van der Waals surface area contributed by atoms with E-state index in [9.17, 15) is 9.59 Å². The fourth-order valence-electron chi connectivity index (χ4n) is 5.46. The first-order valence-electron chi connectivity index (χ1n) is 18.6. The summed E-state index contributed by atoms with van der Waals surface area (Å²) in [7, 11) is 1.97. The van der Waals surface area contributed by atoms with E-state index in [1.54, 1.807) is 0 Å². The Morgan fingerprint density at radius 1 is 0.405 bits per heavy atom. The number of ether oxygens (including phenoxy) is 2. The van der Waals surface area contributed by atoms with Crippen LogP contribution in [0.25, 0.3) is 0 Å². The molecule has 5 nitrogen and oxygen atoms in total. The summed E-state index contributed by atoms with van der Waals surface area (Å²) < 4.78 is 10.8. The fourth-order valence-corrected chi connectivity index (χ4v) is 5.46. The lowest BCUT2D eigenvalue weighted by molar-refractivity contribution is -0.144. The van der Waals surface area contributed by atoms with Gasteiger partial charge in [0, 0.05) is 25.9 Å². The first kappa shape index (κ1) is 40.9. The summed E-state index contributed by atoms with van der Waals surface area (Å²) in [6, 6.07) is 0. The number of nitrogens with zero attached hydrogens (tertiary/aromatic N) is 1. The summed E-state index contributed by atoms with van der Waals surface area (Å²) in [5.74, 6) is -0.175. The summed E-state index contributed by atoms with van der Waals surface area (Å²) in [6.07, 6.45) is 35.1. The average molecular weight is 596 g/mol. The van der Waals surface area contributed by atoms with Crippen LogP contribution < -0.4 is 0 Å². The van der Waals surface area contributed by atoms with E-state index in [0.29, 0.717) is 39.1 Å². The van der Waals surface area contributed by atoms with E-state index in [-0.39, 0.29) is 11.9 Å². The van der Waals surface area contributed by atoms with Gasteiger partial charge in [-0.25, -0.2) is 0 Å². The van der Waals surface area contributed by atoms with Crippen molar-refractivity contribution in [1.29, 1.82) is 0 Å². The van der Waals surface area contributed by atoms with Crippen LogP contribution in [-0.2, 0) is 19.1 Å². The van der Waals surface area contributed by atoms with Crippen molar-refractivity contribution in [3.8, 4) is 0 Å². The van der Waals surface area contributed by atoms with Gasteiger partial charge in [-0.1, -0.05) is 168 Å². The average Bonchev–Trinajstić information content (AvgIpc) is 2.98. The zero-order valence-electron chi connectivity index (χ0n) is 28.7. The van der Waals surface area contributed by atoms with E-state index in [0.717, 1.165) is 25.7 Å². The highest BCUT2D eigenvalue weighted by Crippen LogP contribution is 2.14. The van der Waals surface area contributed by atoms with Crippen molar-refractivity contribution in [2.24, 2.45) is 0 Å². The lowest BCUT2D eigenvalue weighted by Crippen LogP contribution is -2.28. The van der Waals surface area contributed by atoms with Crippen molar-refractivity contribution in [1.82, 2.24) is 4.90 Å². The molecule has 0 N–H and O–H groups in total. The van der Waals surface area contributed by atoms with Crippen LogP contribution in [0.5, 0.6) is 0 Å². The molecule has 250 valence electrons. The van der Waals surface area contributed by atoms with Gasteiger partial charge in [-0.2, -0.15) is 0 Å². The van der Waals surface area contributed by atoms with Gasteiger partial charge in [-0.05, 0) is 19.9 Å². The molecular formula is C37H73NO4. The van der Waals surface area contributed by atoms with E-state index in [4.69, 9.17) is 9.47 Å². The third kappa shape index (κ3) is 33.4. The van der Waals surface area contributed by atoms with Crippen molar-refractivity contribution in [3.05, 3.63) is 0 Å². The van der Waals surface area contributed by atoms with Gasteiger partial charge in [0.25, 0.3) is 0 Å². The molecule has 0 amide bonds. The minimum absolute atomic E-state index is 0.0873. The minimum Gasteiger partial charge on any atom is -0.464 e. The second-order valence-corrected chi connectivity index (χ2v) is 12.7. The van der Waals surface area contributed by atoms with Crippen LogP contribution in [0, 0.1) is 0 Å². The molecule has 0 spiro atoms. The molecule has 0 aromatic carbocycles. The number of hydrogen-bond donors (Lipinski definition) is 0. The predicted octanol–water partition coefficient (Wildman–Crippen LogP) is 11.0. The first-order valence-corrected chi connectivity index (χ1v) is 18.6. The lowest BCUT2D eigenvalue weighted by Gasteiger charge is -2.16. The maximum atomic E-state index is 12.0. The lowest BCUT2D eigenvalue weighted by atomic mass is 10.0. The number of likely N-dealkylation sites (N-methyl/N-ethyl adjacent to an activating group) is 1. The third-order valence-electron chi connectivity index (χ3n) is 8.44. The molecule has 0 aromatic rings. The highest BCUT2D eigenvalue weighted by molar-refractivity contribution is 5.69. The Bertz CT molecular complexity index is 520. The van der Waals surface area contributed by atoms with Gasteiger partial charge in [-0.15, -0.1) is 0 Å². The van der Waals surface area contributed by atoms with Gasteiger partial charge in [0.15, 0.2) is 0 Å². The normalized spacial score (nSPS) is 11.3. The van der Waals surface area contributed by atoms with Crippen LogP contribution in [-0.4, -0.2) is 50.2 Å². The van der Waals surface area contributed by atoms with E-state index >= 15 is 0 Å². The summed E-state index contributed by atoms with van der Waals surface area (Å²) in [5, 5.41) is 0. The summed E-state index contributed by atoms with van der Waals surface area (Å²) in [5.41, 5.74) is 0. The van der Waals surface area contributed by atoms with Crippen LogP contribution in [0.3, 0.4) is 0 Å². The first-order chi connectivity index (χ1) is 20.6.